The normalized spacial score (nSPS) is 22.7. The van der Waals surface area contributed by atoms with Gasteiger partial charge in [-0.3, -0.25) is 4.68 Å². The molecule has 1 aliphatic rings. The van der Waals surface area contributed by atoms with Crippen LogP contribution in [0.1, 0.15) is 56.5 Å². The fourth-order valence-corrected chi connectivity index (χ4v) is 3.12. The van der Waals surface area contributed by atoms with E-state index < -0.39 is 0 Å². The van der Waals surface area contributed by atoms with Crippen molar-refractivity contribution in [1.29, 1.82) is 0 Å². The molecule has 0 saturated heterocycles. The lowest BCUT2D eigenvalue weighted by Gasteiger charge is -2.28. The van der Waals surface area contributed by atoms with Crippen molar-refractivity contribution in [2.24, 2.45) is 18.0 Å². The molecule has 1 heterocycles. The summed E-state index contributed by atoms with van der Waals surface area (Å²) in [6.45, 7) is 10.2. The highest BCUT2D eigenvalue weighted by Crippen LogP contribution is 2.23. The molecular weight excluding hydrogens is 274 g/mol. The van der Waals surface area contributed by atoms with Crippen LogP contribution in [0.2, 0.25) is 0 Å². The number of guanidine groups is 1. The van der Waals surface area contributed by atoms with Crippen molar-refractivity contribution in [3.63, 3.8) is 0 Å². The van der Waals surface area contributed by atoms with E-state index in [1.807, 2.05) is 11.7 Å². The zero-order valence-electron chi connectivity index (χ0n) is 14.7. The maximum atomic E-state index is 4.77. The van der Waals surface area contributed by atoms with Gasteiger partial charge in [-0.1, -0.05) is 6.92 Å². The molecular formula is C17H31N5. The van der Waals surface area contributed by atoms with Gasteiger partial charge in [0.1, 0.15) is 0 Å². The van der Waals surface area contributed by atoms with Crippen LogP contribution in [0.25, 0.3) is 0 Å². The molecule has 0 aromatic carbocycles. The molecule has 0 unspecified atom stereocenters. The van der Waals surface area contributed by atoms with Gasteiger partial charge in [0.05, 0.1) is 12.2 Å². The SMILES string of the molecule is CCNC(=NCc1c(C)nn(C)c1C)NC1CCC(C)CC1. The Kier molecular flexibility index (Phi) is 5.86. The summed E-state index contributed by atoms with van der Waals surface area (Å²) < 4.78 is 1.93. The number of aryl methyl sites for hydroxylation is 2. The van der Waals surface area contributed by atoms with Crippen LogP contribution in [-0.2, 0) is 13.6 Å². The topological polar surface area (TPSA) is 54.2 Å². The molecule has 2 rings (SSSR count). The number of aliphatic imine (C=N–C) groups is 1. The standard InChI is InChI=1S/C17H31N5/c1-6-18-17(20-15-9-7-12(2)8-10-15)19-11-16-13(3)21-22(5)14(16)4/h12,15H,6-11H2,1-5H3,(H2,18,19,20). The number of rotatable bonds is 4. The van der Waals surface area contributed by atoms with Gasteiger partial charge in [-0.25, -0.2) is 4.99 Å². The van der Waals surface area contributed by atoms with E-state index in [1.165, 1.54) is 36.9 Å². The summed E-state index contributed by atoms with van der Waals surface area (Å²) in [7, 11) is 1.99. The number of hydrogen-bond acceptors (Lipinski definition) is 2. The molecule has 0 atom stereocenters. The summed E-state index contributed by atoms with van der Waals surface area (Å²) in [5.41, 5.74) is 3.51. The number of hydrogen-bond donors (Lipinski definition) is 2. The van der Waals surface area contributed by atoms with Crippen LogP contribution >= 0.6 is 0 Å². The monoisotopic (exact) mass is 305 g/mol. The average molecular weight is 305 g/mol. The first-order valence-electron chi connectivity index (χ1n) is 8.55. The Morgan fingerprint density at radius 1 is 1.27 bits per heavy atom. The van der Waals surface area contributed by atoms with Gasteiger partial charge in [-0.15, -0.1) is 0 Å². The summed E-state index contributed by atoms with van der Waals surface area (Å²) in [5.74, 6) is 1.81. The molecule has 2 N–H and O–H groups in total. The lowest BCUT2D eigenvalue weighted by atomic mass is 9.87. The van der Waals surface area contributed by atoms with Crippen LogP contribution in [0.15, 0.2) is 4.99 Å². The average Bonchev–Trinajstić information content (AvgIpc) is 2.72. The predicted molar refractivity (Wildman–Crippen MR) is 92.1 cm³/mol. The maximum absolute atomic E-state index is 4.77. The van der Waals surface area contributed by atoms with Crippen LogP contribution in [0.3, 0.4) is 0 Å². The molecule has 0 amide bonds. The van der Waals surface area contributed by atoms with Crippen molar-refractivity contribution >= 4 is 5.96 Å². The fourth-order valence-electron chi connectivity index (χ4n) is 3.12. The zero-order chi connectivity index (χ0) is 16.1. The summed E-state index contributed by atoms with van der Waals surface area (Å²) in [6, 6.07) is 0.560. The molecule has 0 spiro atoms. The Balaban J connectivity index is 2.00. The highest BCUT2D eigenvalue weighted by molar-refractivity contribution is 5.80. The quantitative estimate of drug-likeness (QED) is 0.664. The van der Waals surface area contributed by atoms with E-state index in [0.29, 0.717) is 12.6 Å². The smallest absolute Gasteiger partial charge is 0.191 e. The summed E-state index contributed by atoms with van der Waals surface area (Å²) in [6.07, 6.45) is 5.13. The second-order valence-corrected chi connectivity index (χ2v) is 6.57. The molecule has 124 valence electrons. The van der Waals surface area contributed by atoms with E-state index in [9.17, 15) is 0 Å². The van der Waals surface area contributed by atoms with Gasteiger partial charge in [0.2, 0.25) is 0 Å². The fraction of sp³-hybridized carbons (Fsp3) is 0.765. The zero-order valence-corrected chi connectivity index (χ0v) is 14.7. The highest BCUT2D eigenvalue weighted by Gasteiger charge is 2.19. The van der Waals surface area contributed by atoms with Crippen LogP contribution in [0.5, 0.6) is 0 Å². The minimum atomic E-state index is 0.560. The van der Waals surface area contributed by atoms with E-state index in [1.54, 1.807) is 0 Å². The van der Waals surface area contributed by atoms with Crippen molar-refractivity contribution in [2.45, 2.75) is 66.0 Å². The van der Waals surface area contributed by atoms with Gasteiger partial charge >= 0.3 is 0 Å². The van der Waals surface area contributed by atoms with Crippen LogP contribution in [0.4, 0.5) is 0 Å². The van der Waals surface area contributed by atoms with E-state index in [2.05, 4.69) is 43.4 Å². The summed E-state index contributed by atoms with van der Waals surface area (Å²) in [4.78, 5) is 4.77. The van der Waals surface area contributed by atoms with Gasteiger partial charge in [-0.2, -0.15) is 5.10 Å². The van der Waals surface area contributed by atoms with Gasteiger partial charge in [0.15, 0.2) is 5.96 Å². The van der Waals surface area contributed by atoms with Crippen LogP contribution < -0.4 is 10.6 Å². The van der Waals surface area contributed by atoms with E-state index in [0.717, 1.165) is 24.1 Å². The third kappa shape index (κ3) is 4.24. The van der Waals surface area contributed by atoms with Crippen molar-refractivity contribution in [1.82, 2.24) is 20.4 Å². The maximum Gasteiger partial charge on any atom is 0.191 e. The minimum absolute atomic E-state index is 0.560. The van der Waals surface area contributed by atoms with Gasteiger partial charge in [0, 0.05) is 30.9 Å². The van der Waals surface area contributed by atoms with Gasteiger partial charge in [-0.05, 0) is 52.4 Å². The van der Waals surface area contributed by atoms with Crippen LogP contribution in [0, 0.1) is 19.8 Å². The first-order valence-corrected chi connectivity index (χ1v) is 8.55. The molecule has 0 bridgehead atoms. The minimum Gasteiger partial charge on any atom is -0.357 e. The van der Waals surface area contributed by atoms with Crippen molar-refractivity contribution in [3.8, 4) is 0 Å². The first kappa shape index (κ1) is 16.8. The molecule has 5 nitrogen and oxygen atoms in total. The first-order chi connectivity index (χ1) is 10.5. The Bertz CT molecular complexity index is 509. The van der Waals surface area contributed by atoms with E-state index in [4.69, 9.17) is 4.99 Å². The molecule has 1 saturated carbocycles. The largest absolute Gasteiger partial charge is 0.357 e. The lowest BCUT2D eigenvalue weighted by Crippen LogP contribution is -2.44. The molecule has 5 heteroatoms. The van der Waals surface area contributed by atoms with Gasteiger partial charge < -0.3 is 10.6 Å². The molecule has 0 aliphatic heterocycles. The second kappa shape index (κ2) is 7.65. The third-order valence-corrected chi connectivity index (χ3v) is 4.76. The molecule has 22 heavy (non-hydrogen) atoms. The Hall–Kier alpha value is -1.52. The van der Waals surface area contributed by atoms with E-state index in [-0.39, 0.29) is 0 Å². The molecule has 1 aromatic heterocycles. The predicted octanol–water partition coefficient (Wildman–Crippen LogP) is 2.67. The number of nitrogens with zero attached hydrogens (tertiary/aromatic N) is 3. The number of nitrogens with one attached hydrogen (secondary N) is 2. The Morgan fingerprint density at radius 2 is 1.95 bits per heavy atom. The number of aromatic nitrogens is 2. The van der Waals surface area contributed by atoms with Crippen molar-refractivity contribution in [2.75, 3.05) is 6.54 Å². The van der Waals surface area contributed by atoms with E-state index >= 15 is 0 Å². The second-order valence-electron chi connectivity index (χ2n) is 6.57. The Labute approximate surface area is 134 Å². The molecule has 0 radical (unpaired) electrons. The molecule has 1 aromatic rings. The Morgan fingerprint density at radius 3 is 2.50 bits per heavy atom. The summed E-state index contributed by atoms with van der Waals surface area (Å²) >= 11 is 0. The third-order valence-electron chi connectivity index (χ3n) is 4.76. The van der Waals surface area contributed by atoms with Crippen molar-refractivity contribution in [3.05, 3.63) is 17.0 Å². The summed E-state index contributed by atoms with van der Waals surface area (Å²) in [5, 5.41) is 11.4. The van der Waals surface area contributed by atoms with Crippen molar-refractivity contribution < 1.29 is 0 Å². The highest BCUT2D eigenvalue weighted by atomic mass is 15.3. The molecule has 1 fully saturated rings. The lowest BCUT2D eigenvalue weighted by molar-refractivity contribution is 0.329. The molecule has 1 aliphatic carbocycles. The van der Waals surface area contributed by atoms with Gasteiger partial charge in [0.25, 0.3) is 0 Å². The van der Waals surface area contributed by atoms with Crippen LogP contribution in [-0.4, -0.2) is 28.3 Å².